The first-order chi connectivity index (χ1) is 32.0. The van der Waals surface area contributed by atoms with Crippen molar-refractivity contribution in [3.8, 4) is 58.1 Å². The summed E-state index contributed by atoms with van der Waals surface area (Å²) in [5.74, 6) is -5.11. The number of carbonyl (C=O) groups excluding carboxylic acids is 2. The molecule has 5 aromatic carbocycles. The summed E-state index contributed by atoms with van der Waals surface area (Å²) in [6.45, 7) is 0.532. The van der Waals surface area contributed by atoms with Crippen LogP contribution in [0.4, 0.5) is 8.78 Å². The lowest BCUT2D eigenvalue weighted by Gasteiger charge is -2.20. The molecule has 2 amide bonds. The number of fused-ring (bicyclic) bond motifs is 1. The van der Waals surface area contributed by atoms with Crippen LogP contribution in [0.1, 0.15) is 51.1 Å². The van der Waals surface area contributed by atoms with E-state index in [1.807, 2.05) is 0 Å². The van der Waals surface area contributed by atoms with Crippen LogP contribution < -0.4 is 33.9 Å². The molecule has 23 heteroatoms. The Morgan fingerprint density at radius 2 is 1.16 bits per heavy atom. The summed E-state index contributed by atoms with van der Waals surface area (Å²) in [6.07, 6.45) is 0.113. The van der Waals surface area contributed by atoms with Gasteiger partial charge < -0.3 is 49.6 Å². The number of carbonyl (C=O) groups is 2. The summed E-state index contributed by atoms with van der Waals surface area (Å²) in [5, 5.41) is 62.5. The number of thiophene rings is 1. The number of unbranched alkanes of at least 4 members (excludes halogenated alkanes) is 1. The third-order valence-electron chi connectivity index (χ3n) is 9.34. The standard InChI is InChI=1S/C44H38F2N5O13PS2/c45-33-20-31(8-4-28(33)23-47)63-65(58,64-32-9-5-29(24-48)34(46)21-32)25-51-67(59,60)42-19-30-18-39(61-14-2-1-12-49-43(56)26-6-10-35(52)37(54)16-26)40(22-41(30)66-42)62-15-3-13-50-44(57)27-7-11-36(53)38(55)17-27/h4-11,16-22,51-55H,1-3,12-15,25H2,(H,49,56)(H,50,57). The molecule has 0 saturated heterocycles. The first-order valence-electron chi connectivity index (χ1n) is 19.8. The van der Waals surface area contributed by atoms with Crippen LogP contribution in [0, 0.1) is 34.3 Å². The van der Waals surface area contributed by atoms with E-state index in [4.69, 9.17) is 29.0 Å². The van der Waals surface area contributed by atoms with Gasteiger partial charge in [-0.15, -0.1) is 11.3 Å². The van der Waals surface area contributed by atoms with Crippen molar-refractivity contribution >= 4 is 50.9 Å². The number of aromatic hydroxyl groups is 4. The number of nitriles is 2. The van der Waals surface area contributed by atoms with E-state index in [1.165, 1.54) is 42.5 Å². The number of hydrogen-bond acceptors (Lipinski definition) is 16. The maximum Gasteiger partial charge on any atom is 0.445 e. The highest BCUT2D eigenvalue weighted by Crippen LogP contribution is 2.48. The number of benzene rings is 5. The first kappa shape index (κ1) is 48.8. The summed E-state index contributed by atoms with van der Waals surface area (Å²) in [6, 6.07) is 20.7. The second-order valence-electron chi connectivity index (χ2n) is 14.2. The van der Waals surface area contributed by atoms with Crippen LogP contribution in [-0.4, -0.2) is 73.2 Å². The van der Waals surface area contributed by atoms with E-state index in [2.05, 4.69) is 15.4 Å². The van der Waals surface area contributed by atoms with Gasteiger partial charge in [-0.3, -0.25) is 9.59 Å². The smallest absolute Gasteiger partial charge is 0.445 e. The van der Waals surface area contributed by atoms with Gasteiger partial charge in [0.05, 0.1) is 24.3 Å². The predicted molar refractivity (Wildman–Crippen MR) is 237 cm³/mol. The molecule has 1 heterocycles. The molecule has 0 radical (unpaired) electrons. The van der Waals surface area contributed by atoms with Crippen LogP contribution in [0.15, 0.2) is 95.2 Å². The summed E-state index contributed by atoms with van der Waals surface area (Å²) in [7, 11) is -9.26. The van der Waals surface area contributed by atoms with E-state index in [1.54, 1.807) is 12.1 Å². The quantitative estimate of drug-likeness (QED) is 0.0215. The molecule has 67 heavy (non-hydrogen) atoms. The summed E-state index contributed by atoms with van der Waals surface area (Å²) in [5.41, 5.74) is -0.470. The van der Waals surface area contributed by atoms with Crippen molar-refractivity contribution < 1.29 is 70.3 Å². The number of phenolic OH excluding ortho intramolecular Hbond substituents is 4. The number of halogens is 2. The Kier molecular flexibility index (Phi) is 15.7. The molecule has 0 fully saturated rings. The second kappa shape index (κ2) is 21.6. The van der Waals surface area contributed by atoms with Crippen molar-refractivity contribution in [1.82, 2.24) is 15.4 Å². The maximum absolute atomic E-state index is 14.5. The van der Waals surface area contributed by atoms with E-state index >= 15 is 0 Å². The van der Waals surface area contributed by atoms with Crippen molar-refractivity contribution in [3.05, 3.63) is 125 Å². The lowest BCUT2D eigenvalue weighted by Crippen LogP contribution is -2.26. The number of amides is 2. The molecule has 0 unspecified atom stereocenters. The van der Waals surface area contributed by atoms with Crippen molar-refractivity contribution in [2.45, 2.75) is 23.5 Å². The minimum absolute atomic E-state index is 0.0431. The Balaban J connectivity index is 1.16. The number of nitrogens with one attached hydrogen (secondary N) is 3. The van der Waals surface area contributed by atoms with Gasteiger partial charge in [-0.25, -0.2) is 21.8 Å². The Morgan fingerprint density at radius 1 is 0.657 bits per heavy atom. The number of nitrogens with zero attached hydrogens (tertiary/aromatic N) is 2. The van der Waals surface area contributed by atoms with Crippen molar-refractivity contribution in [2.75, 3.05) is 32.6 Å². The molecular formula is C44H38F2N5O13PS2. The zero-order valence-corrected chi connectivity index (χ0v) is 37.2. The van der Waals surface area contributed by atoms with E-state index in [0.717, 1.165) is 59.9 Å². The van der Waals surface area contributed by atoms with E-state index in [-0.39, 0.29) is 82.2 Å². The van der Waals surface area contributed by atoms with Gasteiger partial charge in [-0.05, 0) is 97.4 Å². The third-order valence-corrected chi connectivity index (χ3v) is 14.0. The third kappa shape index (κ3) is 12.8. The minimum Gasteiger partial charge on any atom is -0.504 e. The zero-order chi connectivity index (χ0) is 48.3. The zero-order valence-electron chi connectivity index (χ0n) is 34.7. The van der Waals surface area contributed by atoms with Gasteiger partial charge in [0.15, 0.2) is 34.5 Å². The topological polar surface area (TPSA) is 287 Å². The molecular weight excluding hydrogens is 940 g/mol. The van der Waals surface area contributed by atoms with Gasteiger partial charge in [-0.1, -0.05) is 0 Å². The Bertz CT molecular complexity index is 3020. The highest BCUT2D eigenvalue weighted by molar-refractivity contribution is 7.92. The molecule has 18 nitrogen and oxygen atoms in total. The van der Waals surface area contributed by atoms with E-state index < -0.39 is 70.4 Å². The van der Waals surface area contributed by atoms with Gasteiger partial charge in [0.25, 0.3) is 21.8 Å². The largest absolute Gasteiger partial charge is 0.504 e. The highest BCUT2D eigenvalue weighted by atomic mass is 32.2. The molecule has 348 valence electrons. The number of hydrogen-bond donors (Lipinski definition) is 7. The molecule has 0 spiro atoms. The number of phenols is 4. The van der Waals surface area contributed by atoms with Gasteiger partial charge in [0.1, 0.15) is 45.8 Å². The first-order valence-corrected chi connectivity index (χ1v) is 23.8. The van der Waals surface area contributed by atoms with Crippen molar-refractivity contribution in [1.29, 1.82) is 10.5 Å². The molecule has 0 atom stereocenters. The molecule has 0 saturated carbocycles. The second-order valence-corrected chi connectivity index (χ2v) is 19.2. The normalized spacial score (nSPS) is 11.3. The van der Waals surface area contributed by atoms with Crippen LogP contribution in [0.3, 0.4) is 0 Å². The van der Waals surface area contributed by atoms with Crippen LogP contribution in [-0.2, 0) is 14.6 Å². The Labute approximate surface area is 384 Å². The average molecular weight is 978 g/mol. The maximum atomic E-state index is 14.5. The summed E-state index contributed by atoms with van der Waals surface area (Å²) < 4.78 is 96.0. The predicted octanol–water partition coefficient (Wildman–Crippen LogP) is 7.12. The monoisotopic (exact) mass is 977 g/mol. The van der Waals surface area contributed by atoms with Crippen LogP contribution in [0.5, 0.6) is 46.0 Å². The molecule has 0 aliphatic rings. The lowest BCUT2D eigenvalue weighted by atomic mass is 10.2. The molecule has 0 aliphatic heterocycles. The van der Waals surface area contributed by atoms with Crippen LogP contribution in [0.2, 0.25) is 0 Å². The molecule has 6 rings (SSSR count). The SMILES string of the molecule is N#Cc1ccc(OP(=O)(CNS(=O)(=O)c2cc3cc(OCCCCNC(=O)c4ccc(O)c(O)c4)c(OCCCNC(=O)c4ccc(O)c(O)c4)cc3s2)Oc2ccc(C#N)c(F)c2)cc1F. The fraction of sp³-hybridized carbons (Fsp3) is 0.182. The number of sulfonamides is 1. The van der Waals surface area contributed by atoms with Gasteiger partial charge in [0, 0.05) is 47.1 Å². The molecule has 6 aromatic rings. The molecule has 1 aromatic heterocycles. The van der Waals surface area contributed by atoms with Crippen molar-refractivity contribution in [2.24, 2.45) is 0 Å². The molecule has 0 aliphatic carbocycles. The number of rotatable bonds is 21. The highest BCUT2D eigenvalue weighted by Gasteiger charge is 2.33. The van der Waals surface area contributed by atoms with Crippen LogP contribution in [0.25, 0.3) is 10.1 Å². The van der Waals surface area contributed by atoms with Gasteiger partial charge >= 0.3 is 7.60 Å². The van der Waals surface area contributed by atoms with Crippen molar-refractivity contribution in [3.63, 3.8) is 0 Å². The Hall–Kier alpha value is -7.62. The number of ether oxygens (including phenoxy) is 2. The molecule has 0 bridgehead atoms. The van der Waals surface area contributed by atoms with Gasteiger partial charge in [-0.2, -0.15) is 15.2 Å². The van der Waals surface area contributed by atoms with E-state index in [9.17, 15) is 51.8 Å². The minimum atomic E-state index is -4.72. The Morgan fingerprint density at radius 3 is 1.67 bits per heavy atom. The molecule has 7 N–H and O–H groups in total. The van der Waals surface area contributed by atoms with E-state index in [0.29, 0.717) is 22.9 Å². The lowest BCUT2D eigenvalue weighted by molar-refractivity contribution is 0.0943. The van der Waals surface area contributed by atoms with Crippen LogP contribution >= 0.6 is 18.9 Å². The fourth-order valence-electron chi connectivity index (χ4n) is 5.91. The summed E-state index contributed by atoms with van der Waals surface area (Å²) in [4.78, 5) is 25.0. The fourth-order valence-corrected chi connectivity index (χ4v) is 10.4. The van der Waals surface area contributed by atoms with Gasteiger partial charge in [0.2, 0.25) is 0 Å². The summed E-state index contributed by atoms with van der Waals surface area (Å²) >= 11 is 0.800. The average Bonchev–Trinajstić information content (AvgIpc) is 3.72.